The molecule has 1 aliphatic heterocycles. The molecular weight excluding hydrogens is 444 g/mol. The minimum absolute atomic E-state index is 0.00561. The molecule has 2 unspecified atom stereocenters. The SMILES string of the molecule is CC1CCC(C(=O)O)CN1C(=O)C(C)(C)CCNC(=O)OCC1c2ccccc2-c2ccccc21. The molecule has 35 heavy (non-hydrogen) atoms. The molecule has 2 N–H and O–H groups in total. The van der Waals surface area contributed by atoms with Gasteiger partial charge in [0.15, 0.2) is 0 Å². The third-order valence-electron chi connectivity index (χ3n) is 7.43. The van der Waals surface area contributed by atoms with E-state index in [0.29, 0.717) is 25.8 Å². The average molecular weight is 479 g/mol. The summed E-state index contributed by atoms with van der Waals surface area (Å²) < 4.78 is 5.58. The zero-order valence-electron chi connectivity index (χ0n) is 20.6. The van der Waals surface area contributed by atoms with Gasteiger partial charge >= 0.3 is 12.1 Å². The summed E-state index contributed by atoms with van der Waals surface area (Å²) in [6.07, 6.45) is 1.19. The number of hydrogen-bond acceptors (Lipinski definition) is 4. The van der Waals surface area contributed by atoms with Crippen LogP contribution in [0.4, 0.5) is 4.79 Å². The lowest BCUT2D eigenvalue weighted by Crippen LogP contribution is -2.52. The molecule has 1 saturated heterocycles. The van der Waals surface area contributed by atoms with E-state index in [4.69, 9.17) is 4.74 Å². The van der Waals surface area contributed by atoms with Crippen molar-refractivity contribution in [2.45, 2.75) is 52.0 Å². The predicted octanol–water partition coefficient (Wildman–Crippen LogP) is 4.65. The number of ether oxygens (including phenoxy) is 1. The van der Waals surface area contributed by atoms with E-state index in [1.54, 1.807) is 4.90 Å². The van der Waals surface area contributed by atoms with Crippen molar-refractivity contribution in [1.82, 2.24) is 10.2 Å². The van der Waals surface area contributed by atoms with Gasteiger partial charge in [0.1, 0.15) is 6.61 Å². The molecule has 2 amide bonds. The first-order valence-electron chi connectivity index (χ1n) is 12.3. The highest BCUT2D eigenvalue weighted by Crippen LogP contribution is 2.44. The fraction of sp³-hybridized carbons (Fsp3) is 0.464. The number of benzene rings is 2. The van der Waals surface area contributed by atoms with Crippen molar-refractivity contribution in [3.05, 3.63) is 59.7 Å². The summed E-state index contributed by atoms with van der Waals surface area (Å²) in [5.74, 6) is -1.46. The molecule has 7 heteroatoms. The number of hydrogen-bond donors (Lipinski definition) is 2. The number of aliphatic carboxylic acids is 1. The lowest BCUT2D eigenvalue weighted by molar-refractivity contribution is -0.151. The molecule has 0 bridgehead atoms. The molecule has 1 fully saturated rings. The smallest absolute Gasteiger partial charge is 0.407 e. The first-order chi connectivity index (χ1) is 16.7. The van der Waals surface area contributed by atoms with Crippen molar-refractivity contribution in [3.63, 3.8) is 0 Å². The molecule has 4 rings (SSSR count). The number of nitrogens with one attached hydrogen (secondary N) is 1. The topological polar surface area (TPSA) is 95.9 Å². The second-order valence-corrected chi connectivity index (χ2v) is 10.3. The molecule has 0 spiro atoms. The summed E-state index contributed by atoms with van der Waals surface area (Å²) in [6.45, 7) is 6.40. The van der Waals surface area contributed by atoms with E-state index in [1.165, 1.54) is 11.1 Å². The first kappa shape index (κ1) is 24.8. The minimum atomic E-state index is -0.857. The third kappa shape index (κ3) is 5.19. The van der Waals surface area contributed by atoms with E-state index in [9.17, 15) is 19.5 Å². The summed E-state index contributed by atoms with van der Waals surface area (Å²) >= 11 is 0. The molecule has 2 aliphatic rings. The van der Waals surface area contributed by atoms with Gasteiger partial charge in [-0.2, -0.15) is 0 Å². The first-order valence-corrected chi connectivity index (χ1v) is 12.3. The second kappa shape index (κ2) is 10.1. The number of nitrogens with zero attached hydrogens (tertiary/aromatic N) is 1. The van der Waals surface area contributed by atoms with Gasteiger partial charge in [0.25, 0.3) is 0 Å². The van der Waals surface area contributed by atoms with E-state index in [0.717, 1.165) is 11.1 Å². The summed E-state index contributed by atoms with van der Waals surface area (Å²) in [4.78, 5) is 38.8. The van der Waals surface area contributed by atoms with Crippen LogP contribution in [0.15, 0.2) is 48.5 Å². The normalized spacial score (nSPS) is 19.6. The van der Waals surface area contributed by atoms with Gasteiger partial charge in [0, 0.05) is 30.5 Å². The molecule has 2 aromatic rings. The van der Waals surface area contributed by atoms with Crippen LogP contribution in [0.2, 0.25) is 0 Å². The highest BCUT2D eigenvalue weighted by Gasteiger charge is 2.39. The maximum absolute atomic E-state index is 13.2. The highest BCUT2D eigenvalue weighted by molar-refractivity contribution is 5.83. The fourth-order valence-electron chi connectivity index (χ4n) is 5.21. The van der Waals surface area contributed by atoms with Crippen LogP contribution in [-0.4, -0.2) is 53.7 Å². The van der Waals surface area contributed by atoms with Crippen LogP contribution in [0, 0.1) is 11.3 Å². The van der Waals surface area contributed by atoms with Gasteiger partial charge in [-0.25, -0.2) is 4.79 Å². The van der Waals surface area contributed by atoms with Crippen LogP contribution in [0.5, 0.6) is 0 Å². The Morgan fingerprint density at radius 2 is 1.63 bits per heavy atom. The number of carboxylic acid groups (broad SMARTS) is 1. The number of likely N-dealkylation sites (tertiary alicyclic amines) is 1. The number of carbonyl (C=O) groups excluding carboxylic acids is 2. The van der Waals surface area contributed by atoms with Crippen molar-refractivity contribution in [2.75, 3.05) is 19.7 Å². The predicted molar refractivity (Wildman–Crippen MR) is 133 cm³/mol. The third-order valence-corrected chi connectivity index (χ3v) is 7.43. The van der Waals surface area contributed by atoms with Crippen LogP contribution < -0.4 is 5.32 Å². The van der Waals surface area contributed by atoms with Crippen LogP contribution in [0.3, 0.4) is 0 Å². The van der Waals surface area contributed by atoms with Gasteiger partial charge in [-0.3, -0.25) is 9.59 Å². The zero-order chi connectivity index (χ0) is 25.2. The largest absolute Gasteiger partial charge is 0.481 e. The summed E-state index contributed by atoms with van der Waals surface area (Å²) in [6, 6.07) is 16.4. The summed E-state index contributed by atoms with van der Waals surface area (Å²) in [5.41, 5.74) is 3.93. The van der Waals surface area contributed by atoms with Gasteiger partial charge < -0.3 is 20.1 Å². The van der Waals surface area contributed by atoms with Crippen LogP contribution in [-0.2, 0) is 14.3 Å². The van der Waals surface area contributed by atoms with Crippen molar-refractivity contribution in [3.8, 4) is 11.1 Å². The van der Waals surface area contributed by atoms with Crippen LogP contribution in [0.1, 0.15) is 57.1 Å². The number of carboxylic acids is 1. The van der Waals surface area contributed by atoms with E-state index in [1.807, 2.05) is 45.0 Å². The number of amides is 2. The zero-order valence-corrected chi connectivity index (χ0v) is 20.6. The Bertz CT molecular complexity index is 1070. The molecule has 0 radical (unpaired) electrons. The van der Waals surface area contributed by atoms with Crippen molar-refractivity contribution >= 4 is 18.0 Å². The van der Waals surface area contributed by atoms with E-state index in [-0.39, 0.29) is 31.0 Å². The molecule has 7 nitrogen and oxygen atoms in total. The Morgan fingerprint density at radius 1 is 1.03 bits per heavy atom. The molecule has 0 saturated carbocycles. The highest BCUT2D eigenvalue weighted by atomic mass is 16.5. The van der Waals surface area contributed by atoms with E-state index >= 15 is 0 Å². The van der Waals surface area contributed by atoms with E-state index in [2.05, 4.69) is 29.6 Å². The minimum Gasteiger partial charge on any atom is -0.481 e. The molecular formula is C28H34N2O5. The molecule has 186 valence electrons. The Morgan fingerprint density at radius 3 is 2.23 bits per heavy atom. The van der Waals surface area contributed by atoms with E-state index < -0.39 is 23.4 Å². The molecule has 0 aromatic heterocycles. The average Bonchev–Trinajstić information content (AvgIpc) is 3.16. The maximum Gasteiger partial charge on any atom is 0.407 e. The van der Waals surface area contributed by atoms with Crippen molar-refractivity contribution < 1.29 is 24.2 Å². The van der Waals surface area contributed by atoms with Gasteiger partial charge in [-0.05, 0) is 48.4 Å². The Labute approximate surface area is 206 Å². The van der Waals surface area contributed by atoms with Crippen LogP contribution >= 0.6 is 0 Å². The molecule has 1 heterocycles. The Balaban J connectivity index is 1.29. The lowest BCUT2D eigenvalue weighted by atomic mass is 9.84. The fourth-order valence-corrected chi connectivity index (χ4v) is 5.21. The Kier molecular flexibility index (Phi) is 7.15. The number of alkyl carbamates (subject to hydrolysis) is 1. The summed E-state index contributed by atoms with van der Waals surface area (Å²) in [5, 5.41) is 12.1. The van der Waals surface area contributed by atoms with Gasteiger partial charge in [-0.1, -0.05) is 62.4 Å². The molecule has 2 aromatic carbocycles. The van der Waals surface area contributed by atoms with Crippen LogP contribution in [0.25, 0.3) is 11.1 Å². The lowest BCUT2D eigenvalue weighted by Gasteiger charge is -2.40. The Hall–Kier alpha value is -3.35. The number of piperidine rings is 1. The van der Waals surface area contributed by atoms with Crippen molar-refractivity contribution in [2.24, 2.45) is 11.3 Å². The number of rotatable bonds is 7. The number of carbonyl (C=O) groups is 3. The maximum atomic E-state index is 13.2. The quantitative estimate of drug-likeness (QED) is 0.604. The molecule has 2 atom stereocenters. The second-order valence-electron chi connectivity index (χ2n) is 10.3. The van der Waals surface area contributed by atoms with Gasteiger partial charge in [-0.15, -0.1) is 0 Å². The monoisotopic (exact) mass is 478 g/mol. The summed E-state index contributed by atoms with van der Waals surface area (Å²) in [7, 11) is 0. The molecule has 1 aliphatic carbocycles. The van der Waals surface area contributed by atoms with Gasteiger partial charge in [0.2, 0.25) is 5.91 Å². The number of fused-ring (bicyclic) bond motifs is 3. The van der Waals surface area contributed by atoms with Gasteiger partial charge in [0.05, 0.1) is 5.92 Å². The standard InChI is InChI=1S/C28H34N2O5/c1-18-12-13-19(25(31)32)16-30(18)26(33)28(2,3)14-15-29-27(34)35-17-24-22-10-6-4-8-20(22)21-9-5-7-11-23(21)24/h4-11,18-19,24H,12-17H2,1-3H3,(H,29,34)(H,31,32). The van der Waals surface area contributed by atoms with Crippen molar-refractivity contribution in [1.29, 1.82) is 0 Å².